The zero-order chi connectivity index (χ0) is 19.4. The highest BCUT2D eigenvalue weighted by molar-refractivity contribution is 5.81. The third-order valence-corrected chi connectivity index (χ3v) is 5.09. The fourth-order valence-electron chi connectivity index (χ4n) is 3.36. The molecule has 2 aromatic rings. The van der Waals surface area contributed by atoms with Gasteiger partial charge < -0.3 is 14.5 Å². The summed E-state index contributed by atoms with van der Waals surface area (Å²) in [4.78, 5) is 28.5. The zero-order valence-electron chi connectivity index (χ0n) is 16.1. The number of amides is 1. The molecule has 144 valence electrons. The summed E-state index contributed by atoms with van der Waals surface area (Å²) in [6.45, 7) is 6.39. The summed E-state index contributed by atoms with van der Waals surface area (Å²) in [6.07, 6.45) is 0.139. The fourth-order valence-corrected chi connectivity index (χ4v) is 3.36. The van der Waals surface area contributed by atoms with Crippen molar-refractivity contribution in [3.63, 3.8) is 0 Å². The van der Waals surface area contributed by atoms with Crippen LogP contribution in [0.2, 0.25) is 0 Å². The van der Waals surface area contributed by atoms with E-state index in [1.165, 1.54) is 5.69 Å². The molecule has 0 saturated carbocycles. The van der Waals surface area contributed by atoms with Crippen molar-refractivity contribution in [1.82, 2.24) is 14.7 Å². The molecule has 7 heteroatoms. The Morgan fingerprint density at radius 3 is 2.33 bits per heavy atom. The first kappa shape index (κ1) is 18.9. The van der Waals surface area contributed by atoms with E-state index < -0.39 is 5.97 Å². The maximum Gasteiger partial charge on any atom is 0.310 e. The maximum atomic E-state index is 12.3. The number of nitrogens with zero attached hydrogens (tertiary/aromatic N) is 4. The van der Waals surface area contributed by atoms with E-state index in [-0.39, 0.29) is 18.9 Å². The lowest BCUT2D eigenvalue weighted by Crippen LogP contribution is -2.49. The van der Waals surface area contributed by atoms with Crippen LogP contribution in [0.1, 0.15) is 17.0 Å². The molecule has 0 spiro atoms. The van der Waals surface area contributed by atoms with Crippen LogP contribution >= 0.6 is 0 Å². The zero-order valence-corrected chi connectivity index (χ0v) is 16.1. The molecule has 27 heavy (non-hydrogen) atoms. The highest BCUT2D eigenvalue weighted by atomic mass is 16.5. The molecule has 2 heterocycles. The van der Waals surface area contributed by atoms with Crippen LogP contribution in [0.3, 0.4) is 0 Å². The second kappa shape index (κ2) is 8.24. The van der Waals surface area contributed by atoms with Crippen LogP contribution in [-0.2, 0) is 27.8 Å². The normalized spacial score (nSPS) is 14.3. The minimum absolute atomic E-state index is 0.139. The van der Waals surface area contributed by atoms with Crippen LogP contribution in [0.4, 0.5) is 5.69 Å². The molecule has 0 N–H and O–H groups in total. The first-order valence-electron chi connectivity index (χ1n) is 9.18. The lowest BCUT2D eigenvalue weighted by molar-refractivity contribution is -0.151. The SMILES string of the molecule is Cc1nn(C)c(C)c1CC(=O)OCC(=O)N1CCN(c2ccccc2)CC1. The van der Waals surface area contributed by atoms with E-state index in [2.05, 4.69) is 22.1 Å². The number of piperazine rings is 1. The molecule has 3 rings (SSSR count). The molecular weight excluding hydrogens is 344 g/mol. The van der Waals surface area contributed by atoms with E-state index in [1.807, 2.05) is 39.1 Å². The Hall–Kier alpha value is -2.83. The van der Waals surface area contributed by atoms with Gasteiger partial charge in [0, 0.05) is 50.2 Å². The van der Waals surface area contributed by atoms with Crippen molar-refractivity contribution < 1.29 is 14.3 Å². The van der Waals surface area contributed by atoms with Gasteiger partial charge in [-0.25, -0.2) is 0 Å². The molecule has 0 bridgehead atoms. The predicted molar refractivity (Wildman–Crippen MR) is 103 cm³/mol. The van der Waals surface area contributed by atoms with Crippen LogP contribution < -0.4 is 4.90 Å². The first-order chi connectivity index (χ1) is 13.0. The van der Waals surface area contributed by atoms with E-state index in [0.29, 0.717) is 13.1 Å². The first-order valence-corrected chi connectivity index (χ1v) is 9.18. The van der Waals surface area contributed by atoms with Crippen molar-refractivity contribution in [3.05, 3.63) is 47.3 Å². The summed E-state index contributed by atoms with van der Waals surface area (Å²) < 4.78 is 6.96. The number of rotatable bonds is 5. The molecule has 1 aliphatic rings. The summed E-state index contributed by atoms with van der Waals surface area (Å²) in [5.41, 5.74) is 3.78. The van der Waals surface area contributed by atoms with E-state index in [1.54, 1.807) is 9.58 Å². The second-order valence-electron chi connectivity index (χ2n) is 6.81. The number of anilines is 1. The Balaban J connectivity index is 1.45. The lowest BCUT2D eigenvalue weighted by Gasteiger charge is -2.36. The minimum Gasteiger partial charge on any atom is -0.455 e. The number of ether oxygens (including phenoxy) is 1. The summed E-state index contributed by atoms with van der Waals surface area (Å²) in [6, 6.07) is 10.2. The highest BCUT2D eigenvalue weighted by Gasteiger charge is 2.22. The van der Waals surface area contributed by atoms with Crippen molar-refractivity contribution >= 4 is 17.6 Å². The summed E-state index contributed by atoms with van der Waals surface area (Å²) in [7, 11) is 1.84. The summed E-state index contributed by atoms with van der Waals surface area (Å²) in [5.74, 6) is -0.541. The van der Waals surface area contributed by atoms with Gasteiger partial charge >= 0.3 is 5.97 Å². The maximum absolute atomic E-state index is 12.3. The van der Waals surface area contributed by atoms with Gasteiger partial charge in [-0.3, -0.25) is 14.3 Å². The number of hydrogen-bond donors (Lipinski definition) is 0. The van der Waals surface area contributed by atoms with Crippen LogP contribution in [0, 0.1) is 13.8 Å². The quantitative estimate of drug-likeness (QED) is 0.746. The molecule has 1 aromatic carbocycles. The van der Waals surface area contributed by atoms with Crippen LogP contribution in [0.25, 0.3) is 0 Å². The Kier molecular flexibility index (Phi) is 5.78. The van der Waals surface area contributed by atoms with E-state index in [0.717, 1.165) is 30.0 Å². The van der Waals surface area contributed by atoms with Gasteiger partial charge in [0.15, 0.2) is 6.61 Å². The number of hydrogen-bond acceptors (Lipinski definition) is 5. The number of aromatic nitrogens is 2. The number of aryl methyl sites for hydroxylation is 2. The van der Waals surface area contributed by atoms with Gasteiger partial charge in [0.05, 0.1) is 12.1 Å². The van der Waals surface area contributed by atoms with Crippen molar-refractivity contribution in [2.75, 3.05) is 37.7 Å². The average Bonchev–Trinajstić information content (AvgIpc) is 2.93. The molecule has 7 nitrogen and oxygen atoms in total. The fraction of sp³-hybridized carbons (Fsp3) is 0.450. The smallest absolute Gasteiger partial charge is 0.310 e. The number of para-hydroxylation sites is 1. The van der Waals surface area contributed by atoms with Crippen molar-refractivity contribution in [1.29, 1.82) is 0 Å². The molecule has 1 amide bonds. The van der Waals surface area contributed by atoms with Crippen molar-refractivity contribution in [2.45, 2.75) is 20.3 Å². The Morgan fingerprint density at radius 2 is 1.74 bits per heavy atom. The van der Waals surface area contributed by atoms with Crippen molar-refractivity contribution in [2.24, 2.45) is 7.05 Å². The Labute approximate surface area is 159 Å². The van der Waals surface area contributed by atoms with Crippen LogP contribution in [0.5, 0.6) is 0 Å². The van der Waals surface area contributed by atoms with E-state index >= 15 is 0 Å². The number of esters is 1. The number of benzene rings is 1. The number of carbonyl (C=O) groups excluding carboxylic acids is 2. The third kappa shape index (κ3) is 4.48. The molecule has 0 atom stereocenters. The van der Waals surface area contributed by atoms with Gasteiger partial charge in [-0.1, -0.05) is 18.2 Å². The predicted octanol–water partition coefficient (Wildman–Crippen LogP) is 1.47. The van der Waals surface area contributed by atoms with Gasteiger partial charge in [-0.05, 0) is 26.0 Å². The highest BCUT2D eigenvalue weighted by Crippen LogP contribution is 2.16. The average molecular weight is 370 g/mol. The van der Waals surface area contributed by atoms with Crippen molar-refractivity contribution in [3.8, 4) is 0 Å². The third-order valence-electron chi connectivity index (χ3n) is 5.09. The largest absolute Gasteiger partial charge is 0.455 e. The monoisotopic (exact) mass is 370 g/mol. The molecule has 1 fully saturated rings. The Morgan fingerprint density at radius 1 is 1.07 bits per heavy atom. The molecule has 1 aliphatic heterocycles. The number of carbonyl (C=O) groups is 2. The molecule has 1 saturated heterocycles. The minimum atomic E-state index is -0.398. The molecule has 1 aromatic heterocycles. The lowest BCUT2D eigenvalue weighted by atomic mass is 10.1. The van der Waals surface area contributed by atoms with Gasteiger partial charge in [-0.2, -0.15) is 5.10 Å². The van der Waals surface area contributed by atoms with E-state index in [4.69, 9.17) is 4.74 Å². The molecular formula is C20H26N4O3. The topological polar surface area (TPSA) is 67.7 Å². The van der Waals surface area contributed by atoms with Gasteiger partial charge in [0.2, 0.25) is 0 Å². The second-order valence-corrected chi connectivity index (χ2v) is 6.81. The van der Waals surface area contributed by atoms with E-state index in [9.17, 15) is 9.59 Å². The van der Waals surface area contributed by atoms with Gasteiger partial charge in [0.25, 0.3) is 5.91 Å². The van der Waals surface area contributed by atoms with Gasteiger partial charge in [-0.15, -0.1) is 0 Å². The molecule has 0 aliphatic carbocycles. The van der Waals surface area contributed by atoms with Crippen LogP contribution in [0.15, 0.2) is 30.3 Å². The standard InChI is InChI=1S/C20H26N4O3/c1-15-18(16(2)22(3)21-15)13-20(26)27-14-19(25)24-11-9-23(10-12-24)17-7-5-4-6-8-17/h4-8H,9-14H2,1-3H3. The summed E-state index contributed by atoms with van der Waals surface area (Å²) in [5, 5.41) is 4.29. The van der Waals surface area contributed by atoms with Gasteiger partial charge in [0.1, 0.15) is 0 Å². The summed E-state index contributed by atoms with van der Waals surface area (Å²) >= 11 is 0. The molecule has 0 unspecified atom stereocenters. The van der Waals surface area contributed by atoms with Crippen LogP contribution in [-0.4, -0.2) is 59.3 Å². The Bertz CT molecular complexity index is 808. The molecule has 0 radical (unpaired) electrons.